The molecule has 0 aliphatic heterocycles. The van der Waals surface area contributed by atoms with E-state index in [1.54, 1.807) is 0 Å². The van der Waals surface area contributed by atoms with Crippen molar-refractivity contribution in [2.45, 2.75) is 97.4 Å². The molecule has 0 nitrogen and oxygen atoms in total. The zero-order valence-corrected chi connectivity index (χ0v) is 19.5. The van der Waals surface area contributed by atoms with Crippen LogP contribution in [0, 0.1) is 20.8 Å². The van der Waals surface area contributed by atoms with Gasteiger partial charge < -0.3 is 0 Å². The van der Waals surface area contributed by atoms with Gasteiger partial charge in [0.05, 0.1) is 0 Å². The van der Waals surface area contributed by atoms with Crippen LogP contribution in [0.1, 0.15) is 93.4 Å². The SMILES string of the molecule is C.CC.CC.CC.CC.CC.Cc1ccc(-c2ccc(C)c(C)c2)cc1. The van der Waals surface area contributed by atoms with Crippen molar-refractivity contribution in [3.05, 3.63) is 59.2 Å². The number of benzene rings is 2. The third-order valence-corrected chi connectivity index (χ3v) is 2.89. The summed E-state index contributed by atoms with van der Waals surface area (Å²) in [5.74, 6) is 0. The minimum absolute atomic E-state index is 0. The molecule has 2 aromatic rings. The Morgan fingerprint density at radius 3 is 1.12 bits per heavy atom. The number of rotatable bonds is 1. The van der Waals surface area contributed by atoms with E-state index in [9.17, 15) is 0 Å². The minimum Gasteiger partial charge on any atom is -0.0776 e. The van der Waals surface area contributed by atoms with Crippen molar-refractivity contribution < 1.29 is 0 Å². The number of hydrogen-bond acceptors (Lipinski definition) is 0. The lowest BCUT2D eigenvalue weighted by molar-refractivity contribution is 1.34. The fraction of sp³-hybridized carbons (Fsp3) is 0.538. The Labute approximate surface area is 168 Å². The third-order valence-electron chi connectivity index (χ3n) is 2.89. The highest BCUT2D eigenvalue weighted by Crippen LogP contribution is 2.22. The van der Waals surface area contributed by atoms with Gasteiger partial charge in [0, 0.05) is 0 Å². The number of aryl methyl sites for hydroxylation is 3. The molecule has 154 valence electrons. The monoisotopic (exact) mass is 362 g/mol. The first kappa shape index (κ1) is 35.5. The normalized spacial score (nSPS) is 7.12. The van der Waals surface area contributed by atoms with Crippen LogP contribution in [-0.2, 0) is 0 Å². The lowest BCUT2D eigenvalue weighted by Gasteiger charge is -2.05. The molecule has 2 rings (SSSR count). The van der Waals surface area contributed by atoms with Gasteiger partial charge in [-0.2, -0.15) is 0 Å². The van der Waals surface area contributed by atoms with E-state index >= 15 is 0 Å². The Morgan fingerprint density at radius 2 is 0.769 bits per heavy atom. The zero-order valence-electron chi connectivity index (χ0n) is 19.5. The number of hydrogen-bond donors (Lipinski definition) is 0. The summed E-state index contributed by atoms with van der Waals surface area (Å²) in [4.78, 5) is 0. The molecule has 0 saturated carbocycles. The van der Waals surface area contributed by atoms with Gasteiger partial charge in [0.15, 0.2) is 0 Å². The molecule has 0 spiro atoms. The second-order valence-electron chi connectivity index (χ2n) is 4.17. The van der Waals surface area contributed by atoms with Crippen molar-refractivity contribution in [3.63, 3.8) is 0 Å². The minimum atomic E-state index is 0. The largest absolute Gasteiger partial charge is 0.0776 e. The second kappa shape index (κ2) is 28.3. The molecule has 0 aliphatic carbocycles. The van der Waals surface area contributed by atoms with Crippen molar-refractivity contribution >= 4 is 0 Å². The highest BCUT2D eigenvalue weighted by Gasteiger charge is 1.98. The summed E-state index contributed by atoms with van der Waals surface area (Å²) in [6.45, 7) is 26.4. The van der Waals surface area contributed by atoms with Crippen LogP contribution >= 0.6 is 0 Å². The highest BCUT2D eigenvalue weighted by atomic mass is 14.0. The van der Waals surface area contributed by atoms with Crippen molar-refractivity contribution in [1.29, 1.82) is 0 Å². The van der Waals surface area contributed by atoms with E-state index in [1.807, 2.05) is 69.2 Å². The van der Waals surface area contributed by atoms with Crippen LogP contribution in [0.3, 0.4) is 0 Å². The van der Waals surface area contributed by atoms with Gasteiger partial charge >= 0.3 is 0 Å². The summed E-state index contributed by atoms with van der Waals surface area (Å²) < 4.78 is 0. The lowest BCUT2D eigenvalue weighted by Crippen LogP contribution is -1.83. The van der Waals surface area contributed by atoms with Gasteiger partial charge in [-0.15, -0.1) is 0 Å². The van der Waals surface area contributed by atoms with Crippen LogP contribution in [0.2, 0.25) is 0 Å². The molecule has 0 bridgehead atoms. The van der Waals surface area contributed by atoms with E-state index in [-0.39, 0.29) is 7.43 Å². The first-order valence-electron chi connectivity index (χ1n) is 10.3. The van der Waals surface area contributed by atoms with Crippen LogP contribution < -0.4 is 0 Å². The van der Waals surface area contributed by atoms with Gasteiger partial charge in [-0.25, -0.2) is 0 Å². The molecule has 0 radical (unpaired) electrons. The fourth-order valence-corrected chi connectivity index (χ4v) is 1.67. The maximum atomic E-state index is 2.25. The average Bonchev–Trinajstić information content (AvgIpc) is 2.72. The fourth-order valence-electron chi connectivity index (χ4n) is 1.67. The maximum Gasteiger partial charge on any atom is -0.0181 e. The van der Waals surface area contributed by atoms with E-state index in [2.05, 4.69) is 63.2 Å². The van der Waals surface area contributed by atoms with E-state index in [0.717, 1.165) is 0 Å². The Hall–Kier alpha value is -1.56. The highest BCUT2D eigenvalue weighted by molar-refractivity contribution is 5.65. The summed E-state index contributed by atoms with van der Waals surface area (Å²) >= 11 is 0. The molecule has 0 aliphatic rings. The quantitative estimate of drug-likeness (QED) is 0.473. The maximum absolute atomic E-state index is 2.25. The third kappa shape index (κ3) is 15.9. The lowest BCUT2D eigenvalue weighted by atomic mass is 10.00. The molecule has 0 N–H and O–H groups in total. The summed E-state index contributed by atoms with van der Waals surface area (Å²) in [6.07, 6.45) is 0. The van der Waals surface area contributed by atoms with Gasteiger partial charge in [-0.3, -0.25) is 0 Å². The Bertz CT molecular complexity index is 464. The molecule has 26 heavy (non-hydrogen) atoms. The molecule has 0 unspecified atom stereocenters. The van der Waals surface area contributed by atoms with Gasteiger partial charge in [-0.05, 0) is 43.0 Å². The van der Waals surface area contributed by atoms with Gasteiger partial charge in [0.1, 0.15) is 0 Å². The standard InChI is InChI=1S/C15H16.5C2H6.CH4/c1-11-4-7-14(8-5-11)15-9-6-12(2)13(3)10-15;5*1-2;/h4-10H,1-3H3;5*1-2H3;1H4. The van der Waals surface area contributed by atoms with Crippen molar-refractivity contribution in [2.75, 3.05) is 0 Å². The zero-order chi connectivity index (χ0) is 20.8. The topological polar surface area (TPSA) is 0 Å². The summed E-state index contributed by atoms with van der Waals surface area (Å²) in [5, 5.41) is 0. The molecule has 0 saturated heterocycles. The first-order valence-corrected chi connectivity index (χ1v) is 10.3. The predicted octanol–water partition coefficient (Wildman–Crippen LogP) is 10.0. The van der Waals surface area contributed by atoms with Gasteiger partial charge in [-0.1, -0.05) is 125 Å². The van der Waals surface area contributed by atoms with Crippen molar-refractivity contribution in [3.8, 4) is 11.1 Å². The van der Waals surface area contributed by atoms with Crippen molar-refractivity contribution in [1.82, 2.24) is 0 Å². The summed E-state index contributed by atoms with van der Waals surface area (Å²) in [6, 6.07) is 15.3. The van der Waals surface area contributed by atoms with E-state index in [4.69, 9.17) is 0 Å². The molecule has 0 aromatic heterocycles. The average molecular weight is 363 g/mol. The van der Waals surface area contributed by atoms with Crippen LogP contribution in [0.15, 0.2) is 42.5 Å². The second-order valence-corrected chi connectivity index (χ2v) is 4.17. The molecule has 0 amide bonds. The van der Waals surface area contributed by atoms with Crippen LogP contribution in [-0.4, -0.2) is 0 Å². The molecular weight excluding hydrogens is 312 g/mol. The summed E-state index contributed by atoms with van der Waals surface area (Å²) in [5.41, 5.74) is 6.61. The van der Waals surface area contributed by atoms with Crippen LogP contribution in [0.5, 0.6) is 0 Å². The van der Waals surface area contributed by atoms with Gasteiger partial charge in [0.2, 0.25) is 0 Å². The molecule has 0 heterocycles. The van der Waals surface area contributed by atoms with E-state index in [0.29, 0.717) is 0 Å². The molecular formula is C26H50. The van der Waals surface area contributed by atoms with E-state index in [1.165, 1.54) is 27.8 Å². The van der Waals surface area contributed by atoms with Crippen molar-refractivity contribution in [2.24, 2.45) is 0 Å². The first-order chi connectivity index (χ1) is 12.2. The molecule has 0 fully saturated rings. The van der Waals surface area contributed by atoms with Crippen LogP contribution in [0.25, 0.3) is 11.1 Å². The Balaban J connectivity index is -0.000000116. The Kier molecular flexibility index (Phi) is 38.6. The smallest absolute Gasteiger partial charge is 0.0181 e. The van der Waals surface area contributed by atoms with Gasteiger partial charge in [0.25, 0.3) is 0 Å². The van der Waals surface area contributed by atoms with Crippen LogP contribution in [0.4, 0.5) is 0 Å². The van der Waals surface area contributed by atoms with E-state index < -0.39 is 0 Å². The predicted molar refractivity (Wildman–Crippen MR) is 130 cm³/mol. The Morgan fingerprint density at radius 1 is 0.423 bits per heavy atom. The summed E-state index contributed by atoms with van der Waals surface area (Å²) in [7, 11) is 0. The molecule has 0 atom stereocenters. The molecule has 0 heteroatoms. The molecule has 2 aromatic carbocycles.